The number of carbonyl (C=O) groups excluding carboxylic acids is 1. The smallest absolute Gasteiger partial charge is 0.417 e. The van der Waals surface area contributed by atoms with Crippen LogP contribution in [0.5, 0.6) is 11.5 Å². The SMILES string of the molecule is CC.CC=O.CCCC1CCN(c2ccc(C(F)(F)F)c(-c3cc(-c4cc(OC)cc(OC)c4)c4n(c3=O)CCC4)c2)C1. The Morgan fingerprint density at radius 2 is 1.60 bits per heavy atom. The lowest BCUT2D eigenvalue weighted by Gasteiger charge is -2.22. The molecule has 2 aliphatic rings. The molecule has 0 aliphatic carbocycles. The van der Waals surface area contributed by atoms with Crippen molar-refractivity contribution in [3.63, 3.8) is 0 Å². The van der Waals surface area contributed by atoms with Crippen molar-refractivity contribution < 1.29 is 27.4 Å². The summed E-state index contributed by atoms with van der Waals surface area (Å²) < 4.78 is 55.3. The van der Waals surface area contributed by atoms with Crippen LogP contribution in [0.2, 0.25) is 0 Å². The predicted octanol–water partition coefficient (Wildman–Crippen LogP) is 8.02. The lowest BCUT2D eigenvalue weighted by Crippen LogP contribution is -2.24. The van der Waals surface area contributed by atoms with Crippen molar-refractivity contribution in [1.82, 2.24) is 4.57 Å². The second kappa shape index (κ2) is 15.1. The topological polar surface area (TPSA) is 60.8 Å². The van der Waals surface area contributed by atoms with Crippen LogP contribution >= 0.6 is 0 Å². The molecule has 234 valence electrons. The van der Waals surface area contributed by atoms with Gasteiger partial charge in [-0.3, -0.25) is 4.79 Å². The van der Waals surface area contributed by atoms with E-state index >= 15 is 0 Å². The number of aromatic nitrogens is 1. The van der Waals surface area contributed by atoms with Crippen molar-refractivity contribution in [2.75, 3.05) is 32.2 Å². The van der Waals surface area contributed by atoms with E-state index in [9.17, 15) is 18.0 Å². The average molecular weight is 601 g/mol. The van der Waals surface area contributed by atoms with Gasteiger partial charge in [-0.05, 0) is 80.5 Å². The van der Waals surface area contributed by atoms with E-state index in [0.717, 1.165) is 73.6 Å². The largest absolute Gasteiger partial charge is 0.497 e. The van der Waals surface area contributed by atoms with E-state index in [4.69, 9.17) is 14.3 Å². The number of nitrogens with zero attached hydrogens (tertiary/aromatic N) is 2. The van der Waals surface area contributed by atoms with Crippen LogP contribution in [0.3, 0.4) is 0 Å². The molecular weight excluding hydrogens is 557 g/mol. The number of halogens is 3. The van der Waals surface area contributed by atoms with Crippen molar-refractivity contribution in [1.29, 1.82) is 0 Å². The molecule has 5 rings (SSSR count). The molecule has 3 aromatic rings. The molecule has 2 aliphatic heterocycles. The number of hydrogen-bond donors (Lipinski definition) is 0. The Labute approximate surface area is 252 Å². The van der Waals surface area contributed by atoms with Crippen LogP contribution in [-0.4, -0.2) is 38.2 Å². The summed E-state index contributed by atoms with van der Waals surface area (Å²) >= 11 is 0. The number of ether oxygens (including phenoxy) is 2. The quantitative estimate of drug-likeness (QED) is 0.257. The number of pyridine rings is 1. The van der Waals surface area contributed by atoms with Gasteiger partial charge in [-0.25, -0.2) is 0 Å². The molecule has 0 spiro atoms. The number of rotatable bonds is 7. The van der Waals surface area contributed by atoms with Crippen molar-refractivity contribution >= 4 is 12.0 Å². The third kappa shape index (κ3) is 7.61. The number of methoxy groups -OCH3 is 2. The zero-order valence-electron chi connectivity index (χ0n) is 26.0. The predicted molar refractivity (Wildman–Crippen MR) is 166 cm³/mol. The maximum absolute atomic E-state index is 14.3. The molecule has 1 atom stereocenters. The highest BCUT2D eigenvalue weighted by atomic mass is 19.4. The summed E-state index contributed by atoms with van der Waals surface area (Å²) in [5.74, 6) is 1.67. The van der Waals surface area contributed by atoms with Crippen LogP contribution in [0.1, 0.15) is 64.6 Å². The lowest BCUT2D eigenvalue weighted by molar-refractivity contribution is -0.137. The van der Waals surface area contributed by atoms with Gasteiger partial charge in [-0.2, -0.15) is 13.2 Å². The normalized spacial score (nSPS) is 15.6. The zero-order chi connectivity index (χ0) is 31.7. The van der Waals surface area contributed by atoms with E-state index < -0.39 is 11.7 Å². The first-order valence-electron chi connectivity index (χ1n) is 15.0. The van der Waals surface area contributed by atoms with Gasteiger partial charge in [0.15, 0.2) is 0 Å². The number of hydrogen-bond acceptors (Lipinski definition) is 5. The Balaban J connectivity index is 0.000000953. The molecule has 1 saturated heterocycles. The van der Waals surface area contributed by atoms with Crippen molar-refractivity contribution in [3.05, 3.63) is 64.1 Å². The fourth-order valence-corrected chi connectivity index (χ4v) is 5.93. The second-order valence-electron chi connectivity index (χ2n) is 10.4. The summed E-state index contributed by atoms with van der Waals surface area (Å²) in [6.45, 7) is 9.68. The molecule has 1 fully saturated rings. The minimum atomic E-state index is -4.60. The van der Waals surface area contributed by atoms with Crippen LogP contribution < -0.4 is 19.9 Å². The van der Waals surface area contributed by atoms with Crippen molar-refractivity contribution in [2.24, 2.45) is 5.92 Å². The number of anilines is 1. The van der Waals surface area contributed by atoms with E-state index in [2.05, 4.69) is 11.8 Å². The standard InChI is InChI=1S/C30H33F3N2O3.C2H4O.C2H6/c1-4-6-19-10-12-34(18-19)21-8-9-27(30(31,32)33)25(15-21)26-17-24(28-7-5-11-35(28)29(26)36)20-13-22(37-2)16-23(14-20)38-3;1-2-3;1-2/h8-9,13-17,19H,4-7,10-12,18H2,1-3H3;2H,1H3;1-2H3. The molecule has 6 nitrogen and oxygen atoms in total. The highest BCUT2D eigenvalue weighted by molar-refractivity contribution is 5.79. The summed E-state index contributed by atoms with van der Waals surface area (Å²) in [6.07, 6.45) is 0.783. The Morgan fingerprint density at radius 1 is 0.953 bits per heavy atom. The van der Waals surface area contributed by atoms with Gasteiger partial charge in [0.25, 0.3) is 5.56 Å². The van der Waals surface area contributed by atoms with Crippen LogP contribution in [0.4, 0.5) is 18.9 Å². The van der Waals surface area contributed by atoms with Crippen molar-refractivity contribution in [2.45, 2.75) is 72.5 Å². The first-order chi connectivity index (χ1) is 20.6. The fraction of sp³-hybridized carbons (Fsp3) is 0.471. The van der Waals surface area contributed by atoms with Gasteiger partial charge in [0, 0.05) is 53.8 Å². The molecule has 1 unspecified atom stereocenters. The molecule has 0 bridgehead atoms. The van der Waals surface area contributed by atoms with Gasteiger partial charge in [-0.1, -0.05) is 27.2 Å². The molecule has 0 N–H and O–H groups in total. The summed E-state index contributed by atoms with van der Waals surface area (Å²) in [5.41, 5.74) is 1.81. The zero-order valence-corrected chi connectivity index (χ0v) is 26.0. The van der Waals surface area contributed by atoms with Crippen LogP contribution in [-0.2, 0) is 23.9 Å². The highest BCUT2D eigenvalue weighted by Crippen LogP contribution is 2.41. The van der Waals surface area contributed by atoms with Crippen LogP contribution in [0.15, 0.2) is 47.3 Å². The van der Waals surface area contributed by atoms with E-state index in [1.54, 1.807) is 43.1 Å². The summed E-state index contributed by atoms with van der Waals surface area (Å²) in [4.78, 5) is 24.6. The maximum atomic E-state index is 14.3. The Kier molecular flexibility index (Phi) is 11.9. The number of aldehydes is 1. The van der Waals surface area contributed by atoms with Gasteiger partial charge in [0.05, 0.1) is 19.8 Å². The number of carbonyl (C=O) groups is 1. The first-order valence-corrected chi connectivity index (χ1v) is 15.0. The van der Waals surface area contributed by atoms with Gasteiger partial charge >= 0.3 is 6.18 Å². The van der Waals surface area contributed by atoms with Gasteiger partial charge in [0.2, 0.25) is 0 Å². The monoisotopic (exact) mass is 600 g/mol. The molecule has 0 radical (unpaired) electrons. The minimum Gasteiger partial charge on any atom is -0.497 e. The molecule has 0 saturated carbocycles. The van der Waals surface area contributed by atoms with Crippen molar-refractivity contribution in [3.8, 4) is 33.8 Å². The summed E-state index contributed by atoms with van der Waals surface area (Å²) in [5, 5.41) is 0. The van der Waals surface area contributed by atoms with Crippen LogP contribution in [0, 0.1) is 5.92 Å². The highest BCUT2D eigenvalue weighted by Gasteiger charge is 2.36. The molecule has 2 aromatic carbocycles. The molecule has 43 heavy (non-hydrogen) atoms. The molecule has 0 amide bonds. The average Bonchev–Trinajstić information content (AvgIpc) is 3.69. The first kappa shape index (κ1) is 33.7. The van der Waals surface area contributed by atoms with Gasteiger partial charge in [-0.15, -0.1) is 0 Å². The van der Waals surface area contributed by atoms with E-state index in [1.165, 1.54) is 6.92 Å². The summed E-state index contributed by atoms with van der Waals surface area (Å²) in [6, 6.07) is 11.3. The van der Waals surface area contributed by atoms with Gasteiger partial charge in [0.1, 0.15) is 17.8 Å². The van der Waals surface area contributed by atoms with E-state index in [1.807, 2.05) is 26.0 Å². The second-order valence-corrected chi connectivity index (χ2v) is 10.4. The maximum Gasteiger partial charge on any atom is 0.417 e. The molecular formula is C34H43F3N2O4. The molecule has 3 heterocycles. The van der Waals surface area contributed by atoms with E-state index in [0.29, 0.717) is 30.4 Å². The third-order valence-corrected chi connectivity index (χ3v) is 7.81. The molecule has 9 heteroatoms. The number of benzene rings is 2. The fourth-order valence-electron chi connectivity index (χ4n) is 5.93. The Hall–Kier alpha value is -3.75. The van der Waals surface area contributed by atoms with Crippen LogP contribution in [0.25, 0.3) is 22.3 Å². The van der Waals surface area contributed by atoms with Gasteiger partial charge < -0.3 is 23.7 Å². The minimum absolute atomic E-state index is 0.0610. The number of alkyl halides is 3. The lowest BCUT2D eigenvalue weighted by atomic mass is 9.94. The number of fused-ring (bicyclic) bond motifs is 1. The Morgan fingerprint density at radius 3 is 2.19 bits per heavy atom. The molecule has 1 aromatic heterocycles. The van der Waals surface area contributed by atoms with E-state index in [-0.39, 0.29) is 16.7 Å². The Bertz CT molecular complexity index is 1430. The summed E-state index contributed by atoms with van der Waals surface area (Å²) in [7, 11) is 3.10. The third-order valence-electron chi connectivity index (χ3n) is 7.81.